The number of carbonyl (C=O) groups excluding carboxylic acids is 2. The third kappa shape index (κ3) is 5.67. The van der Waals surface area contributed by atoms with E-state index in [0.29, 0.717) is 50.5 Å². The van der Waals surface area contributed by atoms with Gasteiger partial charge in [-0.1, -0.05) is 13.3 Å². The Morgan fingerprint density at radius 2 is 2.00 bits per heavy atom. The number of pyridine rings is 1. The minimum Gasteiger partial charge on any atom is -0.478 e. The average Bonchev–Trinajstić information content (AvgIpc) is 2.66. The molecule has 1 fully saturated rings. The summed E-state index contributed by atoms with van der Waals surface area (Å²) in [5.41, 5.74) is 0.413. The van der Waals surface area contributed by atoms with Crippen molar-refractivity contribution in [3.63, 3.8) is 0 Å². The minimum atomic E-state index is -1.10. The summed E-state index contributed by atoms with van der Waals surface area (Å²) in [5.74, 6) is -1.26. The molecule has 1 saturated heterocycles. The normalized spacial score (nSPS) is 14.7. The number of aromatic carboxylic acids is 1. The molecule has 0 aliphatic carbocycles. The van der Waals surface area contributed by atoms with Gasteiger partial charge >= 0.3 is 11.9 Å². The van der Waals surface area contributed by atoms with Crippen molar-refractivity contribution in [2.24, 2.45) is 5.92 Å². The number of carbonyl (C=O) groups is 3. The van der Waals surface area contributed by atoms with Crippen molar-refractivity contribution in [3.8, 4) is 0 Å². The van der Waals surface area contributed by atoms with Crippen LogP contribution in [0.3, 0.4) is 0 Å². The van der Waals surface area contributed by atoms with Crippen LogP contribution in [0.25, 0.3) is 0 Å². The summed E-state index contributed by atoms with van der Waals surface area (Å²) in [6.45, 7) is 5.18. The summed E-state index contributed by atoms with van der Waals surface area (Å²) >= 11 is 0. The van der Waals surface area contributed by atoms with Crippen LogP contribution in [0, 0.1) is 5.92 Å². The summed E-state index contributed by atoms with van der Waals surface area (Å²) in [7, 11) is 0. The Morgan fingerprint density at radius 1 is 1.30 bits per heavy atom. The molecule has 148 valence electrons. The van der Waals surface area contributed by atoms with Crippen LogP contribution in [0.1, 0.15) is 56.3 Å². The first-order valence-electron chi connectivity index (χ1n) is 9.41. The summed E-state index contributed by atoms with van der Waals surface area (Å²) < 4.78 is 5.06. The number of aromatic nitrogens is 1. The number of nitrogens with zero attached hydrogens (tertiary/aromatic N) is 2. The van der Waals surface area contributed by atoms with E-state index in [9.17, 15) is 19.5 Å². The van der Waals surface area contributed by atoms with Gasteiger partial charge in [0.1, 0.15) is 11.4 Å². The Balaban J connectivity index is 2.08. The highest BCUT2D eigenvalue weighted by atomic mass is 16.5. The second-order valence-corrected chi connectivity index (χ2v) is 6.57. The number of ether oxygens (including phenoxy) is 1. The highest BCUT2D eigenvalue weighted by Gasteiger charge is 2.28. The molecule has 1 aliphatic heterocycles. The third-order valence-corrected chi connectivity index (χ3v) is 4.55. The van der Waals surface area contributed by atoms with Gasteiger partial charge in [0, 0.05) is 19.5 Å². The molecule has 0 saturated carbocycles. The monoisotopic (exact) mass is 377 g/mol. The molecule has 1 aromatic heterocycles. The number of amides is 1. The molecule has 2 rings (SSSR count). The zero-order chi connectivity index (χ0) is 19.8. The Morgan fingerprint density at radius 3 is 2.59 bits per heavy atom. The average molecular weight is 377 g/mol. The van der Waals surface area contributed by atoms with E-state index in [2.05, 4.69) is 10.3 Å². The molecule has 0 bridgehead atoms. The number of nitrogens with one attached hydrogen (secondary N) is 1. The predicted octanol–water partition coefficient (Wildman–Crippen LogP) is 2.69. The van der Waals surface area contributed by atoms with Gasteiger partial charge in [0.25, 0.3) is 0 Å². The maximum atomic E-state index is 11.9. The Kier molecular flexibility index (Phi) is 7.57. The van der Waals surface area contributed by atoms with Crippen LogP contribution in [0.4, 0.5) is 11.5 Å². The van der Waals surface area contributed by atoms with Crippen molar-refractivity contribution >= 4 is 29.4 Å². The van der Waals surface area contributed by atoms with Crippen molar-refractivity contribution in [1.29, 1.82) is 0 Å². The van der Waals surface area contributed by atoms with Gasteiger partial charge in [0.15, 0.2) is 0 Å². The van der Waals surface area contributed by atoms with Crippen LogP contribution in [-0.4, -0.2) is 47.6 Å². The molecule has 1 aromatic rings. The van der Waals surface area contributed by atoms with Crippen molar-refractivity contribution < 1.29 is 24.2 Å². The Bertz CT molecular complexity index is 684. The van der Waals surface area contributed by atoms with Gasteiger partial charge in [-0.3, -0.25) is 9.59 Å². The smallest absolute Gasteiger partial charge is 0.339 e. The molecule has 1 amide bonds. The van der Waals surface area contributed by atoms with Crippen LogP contribution in [0.5, 0.6) is 0 Å². The SMILES string of the molecule is CCCCC(=O)Nc1cnc(N2CCC(C(=O)OCC)CC2)c(C(=O)O)c1. The van der Waals surface area contributed by atoms with Gasteiger partial charge in [0.2, 0.25) is 5.91 Å². The molecule has 2 N–H and O–H groups in total. The van der Waals surface area contributed by atoms with Gasteiger partial charge in [0.05, 0.1) is 24.4 Å². The Hall–Kier alpha value is -2.64. The van der Waals surface area contributed by atoms with Crippen LogP contribution >= 0.6 is 0 Å². The topological polar surface area (TPSA) is 109 Å². The van der Waals surface area contributed by atoms with E-state index in [1.54, 1.807) is 6.92 Å². The lowest BCUT2D eigenvalue weighted by molar-refractivity contribution is -0.148. The van der Waals surface area contributed by atoms with Gasteiger partial charge in [-0.15, -0.1) is 0 Å². The molecule has 8 heteroatoms. The third-order valence-electron chi connectivity index (χ3n) is 4.55. The highest BCUT2D eigenvalue weighted by molar-refractivity contribution is 5.97. The summed E-state index contributed by atoms with van der Waals surface area (Å²) in [6, 6.07) is 1.44. The molecule has 0 radical (unpaired) electrons. The van der Waals surface area contributed by atoms with Gasteiger partial charge in [-0.05, 0) is 32.3 Å². The lowest BCUT2D eigenvalue weighted by atomic mass is 9.96. The summed E-state index contributed by atoms with van der Waals surface area (Å²) in [6.07, 6.45) is 4.74. The lowest BCUT2D eigenvalue weighted by Gasteiger charge is -2.32. The van der Waals surface area contributed by atoms with E-state index in [0.717, 1.165) is 12.8 Å². The highest BCUT2D eigenvalue weighted by Crippen LogP contribution is 2.27. The minimum absolute atomic E-state index is 0.0397. The molecule has 0 atom stereocenters. The van der Waals surface area contributed by atoms with E-state index in [-0.39, 0.29) is 23.4 Å². The number of esters is 1. The van der Waals surface area contributed by atoms with Gasteiger partial charge < -0.3 is 20.1 Å². The first kappa shape index (κ1) is 20.7. The van der Waals surface area contributed by atoms with Gasteiger partial charge in [-0.2, -0.15) is 0 Å². The van der Waals surface area contributed by atoms with Crippen molar-refractivity contribution in [2.45, 2.75) is 46.0 Å². The van der Waals surface area contributed by atoms with E-state index >= 15 is 0 Å². The zero-order valence-corrected chi connectivity index (χ0v) is 15.9. The molecule has 0 aromatic carbocycles. The Labute approximate surface area is 158 Å². The molecule has 8 nitrogen and oxygen atoms in total. The summed E-state index contributed by atoms with van der Waals surface area (Å²) in [4.78, 5) is 41.5. The number of piperidine rings is 1. The van der Waals surface area contributed by atoms with Crippen molar-refractivity contribution in [3.05, 3.63) is 17.8 Å². The van der Waals surface area contributed by atoms with E-state index in [1.807, 2.05) is 11.8 Å². The molecule has 1 aliphatic rings. The standard InChI is InChI=1S/C19H27N3O5/c1-3-5-6-16(23)21-14-11-15(18(24)25)17(20-12-14)22-9-7-13(8-10-22)19(26)27-4-2/h11-13H,3-10H2,1-2H3,(H,21,23)(H,24,25). The largest absolute Gasteiger partial charge is 0.478 e. The number of hydrogen-bond acceptors (Lipinski definition) is 6. The first-order valence-corrected chi connectivity index (χ1v) is 9.41. The quantitative estimate of drug-likeness (QED) is 0.670. The fourth-order valence-corrected chi connectivity index (χ4v) is 3.08. The van der Waals surface area contributed by atoms with Gasteiger partial charge in [-0.25, -0.2) is 9.78 Å². The molecule has 0 spiro atoms. The van der Waals surface area contributed by atoms with Crippen molar-refractivity contribution in [1.82, 2.24) is 4.98 Å². The molecular formula is C19H27N3O5. The molecule has 2 heterocycles. The van der Waals surface area contributed by atoms with Crippen LogP contribution in [0.15, 0.2) is 12.3 Å². The zero-order valence-electron chi connectivity index (χ0n) is 15.9. The number of hydrogen-bond donors (Lipinski definition) is 2. The van der Waals surface area contributed by atoms with Crippen LogP contribution in [-0.2, 0) is 14.3 Å². The fraction of sp³-hybridized carbons (Fsp3) is 0.579. The fourth-order valence-electron chi connectivity index (χ4n) is 3.08. The summed E-state index contributed by atoms with van der Waals surface area (Å²) in [5, 5.41) is 12.2. The second kappa shape index (κ2) is 9.89. The predicted molar refractivity (Wildman–Crippen MR) is 101 cm³/mol. The number of rotatable bonds is 8. The van der Waals surface area contributed by atoms with Crippen LogP contribution < -0.4 is 10.2 Å². The number of anilines is 2. The van der Waals surface area contributed by atoms with Crippen molar-refractivity contribution in [2.75, 3.05) is 29.9 Å². The molecule has 27 heavy (non-hydrogen) atoms. The van der Waals surface area contributed by atoms with E-state index in [4.69, 9.17) is 4.74 Å². The van der Waals surface area contributed by atoms with Crippen LogP contribution in [0.2, 0.25) is 0 Å². The number of carboxylic acid groups (broad SMARTS) is 1. The maximum absolute atomic E-state index is 11.9. The lowest BCUT2D eigenvalue weighted by Crippen LogP contribution is -2.38. The maximum Gasteiger partial charge on any atom is 0.339 e. The first-order chi connectivity index (χ1) is 13.0. The number of carboxylic acids is 1. The van der Waals surface area contributed by atoms with E-state index < -0.39 is 5.97 Å². The second-order valence-electron chi connectivity index (χ2n) is 6.57. The molecule has 0 unspecified atom stereocenters. The molecular weight excluding hydrogens is 350 g/mol. The van der Waals surface area contributed by atoms with E-state index in [1.165, 1.54) is 12.3 Å². The number of unbranched alkanes of at least 4 members (excludes halogenated alkanes) is 1.